The molecular formula is C19H24O3. The summed E-state index contributed by atoms with van der Waals surface area (Å²) in [5.41, 5.74) is 0.780. The third kappa shape index (κ3) is 1.78. The maximum Gasteiger partial charge on any atom is 0.162 e. The normalized spacial score (nSPS) is 46.8. The Morgan fingerprint density at radius 3 is 2.86 bits per heavy atom. The molecule has 1 unspecified atom stereocenters. The second-order valence-corrected chi connectivity index (χ2v) is 7.63. The number of hydrogen-bond donors (Lipinski definition) is 1. The highest BCUT2D eigenvalue weighted by atomic mass is 16.3. The molecule has 4 rings (SSSR count). The Hall–Kier alpha value is -1.22. The average Bonchev–Trinajstić information content (AvgIpc) is 2.85. The molecule has 0 heterocycles. The predicted octanol–water partition coefficient (Wildman–Crippen LogP) is 2.83. The van der Waals surface area contributed by atoms with Gasteiger partial charge in [0.05, 0.1) is 6.10 Å². The molecule has 0 aliphatic heterocycles. The molecule has 0 aromatic heterocycles. The minimum absolute atomic E-state index is 0.165. The number of carbonyl (C=O) groups excluding carboxylic acids is 2. The van der Waals surface area contributed by atoms with E-state index in [1.165, 1.54) is 0 Å². The third-order valence-electron chi connectivity index (χ3n) is 7.00. The number of hydrogen-bond acceptors (Lipinski definition) is 3. The molecule has 22 heavy (non-hydrogen) atoms. The molecule has 0 aromatic rings. The summed E-state index contributed by atoms with van der Waals surface area (Å²) in [5, 5.41) is 10.6. The van der Waals surface area contributed by atoms with Crippen molar-refractivity contribution in [3.8, 4) is 0 Å². The first-order chi connectivity index (χ1) is 10.6. The van der Waals surface area contributed by atoms with Crippen molar-refractivity contribution < 1.29 is 14.7 Å². The van der Waals surface area contributed by atoms with E-state index in [1.54, 1.807) is 12.2 Å². The van der Waals surface area contributed by atoms with Gasteiger partial charge in [0.15, 0.2) is 11.6 Å². The van der Waals surface area contributed by atoms with Crippen LogP contribution in [0.25, 0.3) is 0 Å². The van der Waals surface area contributed by atoms with Gasteiger partial charge < -0.3 is 5.11 Å². The predicted molar refractivity (Wildman–Crippen MR) is 83.0 cm³/mol. The summed E-state index contributed by atoms with van der Waals surface area (Å²) in [6.45, 7) is 2.13. The zero-order chi connectivity index (χ0) is 15.5. The van der Waals surface area contributed by atoms with Gasteiger partial charge in [0, 0.05) is 11.8 Å². The average molecular weight is 300 g/mol. The molecule has 4 aliphatic carbocycles. The summed E-state index contributed by atoms with van der Waals surface area (Å²) in [6, 6.07) is 0. The minimum Gasteiger partial charge on any atom is -0.389 e. The fraction of sp³-hybridized carbons (Fsp3) is 0.684. The largest absolute Gasteiger partial charge is 0.389 e. The van der Waals surface area contributed by atoms with Crippen molar-refractivity contribution in [3.63, 3.8) is 0 Å². The van der Waals surface area contributed by atoms with Crippen LogP contribution in [0.4, 0.5) is 0 Å². The highest BCUT2D eigenvalue weighted by Crippen LogP contribution is 2.59. The first kappa shape index (κ1) is 14.4. The summed E-state index contributed by atoms with van der Waals surface area (Å²) < 4.78 is 0. The Bertz CT molecular complexity index is 587. The summed E-state index contributed by atoms with van der Waals surface area (Å²) in [7, 11) is 0. The number of allylic oxidation sites excluding steroid dienone is 3. The fourth-order valence-electron chi connectivity index (χ4n) is 5.89. The van der Waals surface area contributed by atoms with Crippen LogP contribution in [0.5, 0.6) is 0 Å². The molecule has 3 heteroatoms. The Labute approximate surface area is 131 Å². The van der Waals surface area contributed by atoms with Crippen LogP contribution >= 0.6 is 0 Å². The molecule has 6 atom stereocenters. The second-order valence-electron chi connectivity index (χ2n) is 7.63. The molecule has 0 saturated heterocycles. The molecule has 2 saturated carbocycles. The Balaban J connectivity index is 1.70. The Morgan fingerprint density at radius 2 is 2.09 bits per heavy atom. The van der Waals surface area contributed by atoms with Crippen molar-refractivity contribution in [3.05, 3.63) is 23.8 Å². The number of rotatable bonds is 1. The quantitative estimate of drug-likeness (QED) is 0.810. The fourth-order valence-corrected chi connectivity index (χ4v) is 5.89. The molecule has 0 aromatic carbocycles. The topological polar surface area (TPSA) is 54.4 Å². The van der Waals surface area contributed by atoms with Crippen LogP contribution < -0.4 is 0 Å². The summed E-state index contributed by atoms with van der Waals surface area (Å²) in [5.74, 6) is 2.03. The lowest BCUT2D eigenvalue weighted by Gasteiger charge is -2.53. The van der Waals surface area contributed by atoms with E-state index in [9.17, 15) is 14.7 Å². The van der Waals surface area contributed by atoms with E-state index in [0.29, 0.717) is 36.4 Å². The van der Waals surface area contributed by atoms with E-state index in [4.69, 9.17) is 0 Å². The summed E-state index contributed by atoms with van der Waals surface area (Å²) >= 11 is 0. The van der Waals surface area contributed by atoms with E-state index < -0.39 is 6.10 Å². The van der Waals surface area contributed by atoms with Gasteiger partial charge in [0.1, 0.15) is 0 Å². The van der Waals surface area contributed by atoms with Crippen LogP contribution in [0.3, 0.4) is 0 Å². The van der Waals surface area contributed by atoms with Gasteiger partial charge in [0.25, 0.3) is 0 Å². The van der Waals surface area contributed by atoms with Gasteiger partial charge in [-0.1, -0.05) is 13.0 Å². The van der Waals surface area contributed by atoms with Crippen molar-refractivity contribution in [2.24, 2.45) is 29.1 Å². The molecule has 4 aliphatic rings. The number of aliphatic hydroxyl groups is 1. The molecule has 3 nitrogen and oxygen atoms in total. The second kappa shape index (κ2) is 4.89. The molecule has 2 fully saturated rings. The summed E-state index contributed by atoms with van der Waals surface area (Å²) in [6.07, 6.45) is 10.3. The number of aliphatic hydroxyl groups excluding tert-OH is 1. The van der Waals surface area contributed by atoms with E-state index in [1.807, 2.05) is 0 Å². The minimum atomic E-state index is -0.493. The number of ketones is 2. The van der Waals surface area contributed by atoms with Gasteiger partial charge in [-0.25, -0.2) is 0 Å². The molecule has 0 radical (unpaired) electrons. The van der Waals surface area contributed by atoms with Crippen molar-refractivity contribution in [2.45, 2.75) is 51.6 Å². The van der Waals surface area contributed by atoms with Gasteiger partial charge in [0.2, 0.25) is 0 Å². The smallest absolute Gasteiger partial charge is 0.162 e. The molecular weight excluding hydrogens is 276 g/mol. The van der Waals surface area contributed by atoms with Gasteiger partial charge in [-0.2, -0.15) is 0 Å². The van der Waals surface area contributed by atoms with Gasteiger partial charge >= 0.3 is 0 Å². The maximum absolute atomic E-state index is 12.4. The monoisotopic (exact) mass is 300 g/mol. The Kier molecular flexibility index (Phi) is 3.19. The van der Waals surface area contributed by atoms with Crippen LogP contribution in [0, 0.1) is 29.1 Å². The molecule has 1 N–H and O–H groups in total. The lowest BCUT2D eigenvalue weighted by molar-refractivity contribution is -0.131. The van der Waals surface area contributed by atoms with Crippen LogP contribution in [-0.4, -0.2) is 22.8 Å². The first-order valence-electron chi connectivity index (χ1n) is 8.72. The molecule has 0 bridgehead atoms. The van der Waals surface area contributed by atoms with Crippen molar-refractivity contribution in [1.29, 1.82) is 0 Å². The van der Waals surface area contributed by atoms with Crippen LogP contribution in [0.1, 0.15) is 45.4 Å². The standard InChI is InChI=1S/C19H24O3/c1-2-19-8-7-13-12-4-3-11(20)9-15(12)17(21)10-14(13)16(19)5-6-18(19)22/h5-6,9,12-14,16-17,21H,2-4,7-8,10H2,1H3/t12-,13-,14-,16+,17?,19+/m1/s1. The van der Waals surface area contributed by atoms with Crippen LogP contribution in [0.2, 0.25) is 0 Å². The van der Waals surface area contributed by atoms with Crippen molar-refractivity contribution in [1.82, 2.24) is 0 Å². The number of carbonyl (C=O) groups is 2. The van der Waals surface area contributed by atoms with Gasteiger partial charge in [-0.05, 0) is 73.5 Å². The Morgan fingerprint density at radius 1 is 1.27 bits per heavy atom. The molecule has 118 valence electrons. The van der Waals surface area contributed by atoms with Crippen molar-refractivity contribution in [2.75, 3.05) is 0 Å². The highest BCUT2D eigenvalue weighted by Gasteiger charge is 2.56. The number of fused-ring (bicyclic) bond motifs is 5. The lowest BCUT2D eigenvalue weighted by atomic mass is 9.50. The van der Waals surface area contributed by atoms with Gasteiger partial charge in [-0.15, -0.1) is 0 Å². The molecule has 0 amide bonds. The van der Waals surface area contributed by atoms with E-state index in [2.05, 4.69) is 13.0 Å². The third-order valence-corrected chi connectivity index (χ3v) is 7.00. The lowest BCUT2D eigenvalue weighted by Crippen LogP contribution is -2.50. The van der Waals surface area contributed by atoms with E-state index in [-0.39, 0.29) is 17.1 Å². The molecule has 0 spiro atoms. The van der Waals surface area contributed by atoms with E-state index in [0.717, 1.165) is 31.3 Å². The van der Waals surface area contributed by atoms with Crippen LogP contribution in [-0.2, 0) is 9.59 Å². The zero-order valence-electron chi connectivity index (χ0n) is 13.1. The maximum atomic E-state index is 12.4. The summed E-state index contributed by atoms with van der Waals surface area (Å²) in [4.78, 5) is 24.1. The SMILES string of the molecule is CC[C@]12CC[C@H]3[C@@H](CC(O)C4=CC(=O)CC[C@@H]43)[C@@H]1C=CC2=O. The van der Waals surface area contributed by atoms with Crippen molar-refractivity contribution >= 4 is 11.6 Å². The first-order valence-corrected chi connectivity index (χ1v) is 8.72. The van der Waals surface area contributed by atoms with E-state index >= 15 is 0 Å². The zero-order valence-corrected chi connectivity index (χ0v) is 13.1. The highest BCUT2D eigenvalue weighted by molar-refractivity contribution is 5.98. The van der Waals surface area contributed by atoms with Gasteiger partial charge in [-0.3, -0.25) is 9.59 Å². The van der Waals surface area contributed by atoms with Crippen LogP contribution in [0.15, 0.2) is 23.8 Å².